The monoisotopic (exact) mass is 329 g/mol. The minimum Gasteiger partial charge on any atom is -0.341 e. The fourth-order valence-corrected chi connectivity index (χ4v) is 3.01. The van der Waals surface area contributed by atoms with E-state index in [-0.39, 0.29) is 5.91 Å². The second-order valence-corrected chi connectivity index (χ2v) is 6.54. The lowest BCUT2D eigenvalue weighted by Crippen LogP contribution is -2.44. The van der Waals surface area contributed by atoms with Gasteiger partial charge in [-0.1, -0.05) is 46.6 Å². The summed E-state index contributed by atoms with van der Waals surface area (Å²) >= 11 is 9.57. The van der Waals surface area contributed by atoms with Crippen LogP contribution in [-0.2, 0) is 11.2 Å². The predicted octanol–water partition coefficient (Wildman–Crippen LogP) is 3.51. The molecule has 98 valence electrons. The summed E-state index contributed by atoms with van der Waals surface area (Å²) in [6.45, 7) is 3.89. The van der Waals surface area contributed by atoms with Crippen LogP contribution in [0.15, 0.2) is 24.3 Å². The minimum absolute atomic E-state index is 0.189. The lowest BCUT2D eigenvalue weighted by Gasteiger charge is -2.34. The third-order valence-electron chi connectivity index (χ3n) is 3.46. The number of hydrogen-bond donors (Lipinski definition) is 0. The molecule has 0 spiro atoms. The second-order valence-electron chi connectivity index (χ2n) is 4.93. The zero-order valence-corrected chi connectivity index (χ0v) is 12.7. The van der Waals surface area contributed by atoms with Crippen molar-refractivity contribution in [1.29, 1.82) is 0 Å². The molecule has 1 aromatic carbocycles. The van der Waals surface area contributed by atoms with Gasteiger partial charge >= 0.3 is 0 Å². The van der Waals surface area contributed by atoms with Crippen molar-refractivity contribution in [3.63, 3.8) is 0 Å². The number of amides is 1. The Labute approximate surface area is 121 Å². The predicted molar refractivity (Wildman–Crippen MR) is 78.2 cm³/mol. The number of benzene rings is 1. The summed E-state index contributed by atoms with van der Waals surface area (Å²) < 4.78 is 0. The molecule has 2 nitrogen and oxygen atoms in total. The van der Waals surface area contributed by atoms with Crippen LogP contribution in [0.4, 0.5) is 0 Å². The Balaban J connectivity index is 1.96. The molecule has 1 aromatic rings. The van der Waals surface area contributed by atoms with Crippen LogP contribution >= 0.6 is 27.5 Å². The molecule has 1 fully saturated rings. The first-order valence-corrected chi connectivity index (χ1v) is 7.52. The van der Waals surface area contributed by atoms with Gasteiger partial charge in [0.2, 0.25) is 5.91 Å². The maximum atomic E-state index is 12.2. The molecule has 2 rings (SSSR count). The Hall–Kier alpha value is -0.540. The lowest BCUT2D eigenvalue weighted by atomic mass is 9.98. The number of nitrogens with zero attached hydrogens (tertiary/aromatic N) is 1. The maximum Gasteiger partial charge on any atom is 0.227 e. The van der Waals surface area contributed by atoms with Crippen molar-refractivity contribution in [3.8, 4) is 0 Å². The van der Waals surface area contributed by atoms with Gasteiger partial charge in [0.25, 0.3) is 0 Å². The zero-order valence-electron chi connectivity index (χ0n) is 10.4. The van der Waals surface area contributed by atoms with E-state index < -0.39 is 0 Å². The number of halogens is 2. The number of piperidine rings is 1. The first kappa shape index (κ1) is 13.9. The number of likely N-dealkylation sites (tertiary alicyclic amines) is 1. The standard InChI is InChI=1S/C14H17BrClNO/c1-10-5-6-17(9-13(10)15)14(18)8-11-3-2-4-12(16)7-11/h2-4,7,10,13H,5-6,8-9H2,1H3. The van der Waals surface area contributed by atoms with E-state index in [9.17, 15) is 4.79 Å². The molecule has 1 saturated heterocycles. The normalized spacial score (nSPS) is 24.1. The van der Waals surface area contributed by atoms with Gasteiger partial charge in [-0.25, -0.2) is 0 Å². The van der Waals surface area contributed by atoms with Crippen LogP contribution in [0, 0.1) is 5.92 Å². The summed E-state index contributed by atoms with van der Waals surface area (Å²) in [5.41, 5.74) is 0.984. The van der Waals surface area contributed by atoms with E-state index in [1.165, 1.54) is 0 Å². The van der Waals surface area contributed by atoms with Crippen molar-refractivity contribution < 1.29 is 4.79 Å². The summed E-state index contributed by atoms with van der Waals surface area (Å²) in [5, 5.41) is 0.686. The third-order valence-corrected chi connectivity index (χ3v) is 4.89. The van der Waals surface area contributed by atoms with Crippen molar-refractivity contribution in [2.45, 2.75) is 24.6 Å². The van der Waals surface area contributed by atoms with Crippen LogP contribution in [0.1, 0.15) is 18.9 Å². The molecule has 1 heterocycles. The molecule has 0 aromatic heterocycles. The zero-order chi connectivity index (χ0) is 13.1. The molecule has 2 unspecified atom stereocenters. The Morgan fingerprint density at radius 3 is 3.00 bits per heavy atom. The van der Waals surface area contributed by atoms with E-state index >= 15 is 0 Å². The fourth-order valence-electron chi connectivity index (χ4n) is 2.18. The highest BCUT2D eigenvalue weighted by Crippen LogP contribution is 2.24. The first-order chi connectivity index (χ1) is 8.56. The van der Waals surface area contributed by atoms with Crippen molar-refractivity contribution in [2.75, 3.05) is 13.1 Å². The van der Waals surface area contributed by atoms with E-state index in [4.69, 9.17) is 11.6 Å². The lowest BCUT2D eigenvalue weighted by molar-refractivity contribution is -0.131. The van der Waals surface area contributed by atoms with E-state index in [1.807, 2.05) is 29.2 Å². The van der Waals surface area contributed by atoms with Crippen molar-refractivity contribution >= 4 is 33.4 Å². The Bertz CT molecular complexity index is 438. The summed E-state index contributed by atoms with van der Waals surface area (Å²) in [6, 6.07) is 7.52. The van der Waals surface area contributed by atoms with Gasteiger partial charge in [-0.3, -0.25) is 4.79 Å². The Kier molecular flexibility index (Phi) is 4.68. The molecular formula is C14H17BrClNO. The molecule has 0 N–H and O–H groups in total. The number of carbonyl (C=O) groups excluding carboxylic acids is 1. The highest BCUT2D eigenvalue weighted by molar-refractivity contribution is 9.09. The molecule has 0 radical (unpaired) electrons. The van der Waals surface area contributed by atoms with Gasteiger partial charge < -0.3 is 4.90 Å². The van der Waals surface area contributed by atoms with E-state index in [0.717, 1.165) is 25.1 Å². The molecule has 0 bridgehead atoms. The highest BCUT2D eigenvalue weighted by Gasteiger charge is 2.26. The van der Waals surface area contributed by atoms with Crippen LogP contribution < -0.4 is 0 Å². The van der Waals surface area contributed by atoms with Crippen LogP contribution in [0.2, 0.25) is 5.02 Å². The first-order valence-electron chi connectivity index (χ1n) is 6.22. The molecule has 1 aliphatic heterocycles. The Morgan fingerprint density at radius 2 is 2.33 bits per heavy atom. The number of carbonyl (C=O) groups is 1. The quantitative estimate of drug-likeness (QED) is 0.760. The van der Waals surface area contributed by atoms with E-state index in [2.05, 4.69) is 22.9 Å². The Morgan fingerprint density at radius 1 is 1.56 bits per heavy atom. The molecule has 1 aliphatic rings. The van der Waals surface area contributed by atoms with E-state index in [1.54, 1.807) is 0 Å². The summed E-state index contributed by atoms with van der Waals surface area (Å²) in [7, 11) is 0. The summed E-state index contributed by atoms with van der Waals surface area (Å²) in [6.07, 6.45) is 1.51. The largest absolute Gasteiger partial charge is 0.341 e. The van der Waals surface area contributed by atoms with Crippen molar-refractivity contribution in [2.24, 2.45) is 5.92 Å². The van der Waals surface area contributed by atoms with Crippen LogP contribution in [0.5, 0.6) is 0 Å². The molecule has 4 heteroatoms. The average Bonchev–Trinajstić information content (AvgIpc) is 2.32. The van der Waals surface area contributed by atoms with Gasteiger partial charge in [0.15, 0.2) is 0 Å². The third kappa shape index (κ3) is 3.48. The van der Waals surface area contributed by atoms with Crippen LogP contribution in [0.25, 0.3) is 0 Å². The maximum absolute atomic E-state index is 12.2. The van der Waals surface area contributed by atoms with Crippen molar-refractivity contribution in [3.05, 3.63) is 34.9 Å². The summed E-state index contributed by atoms with van der Waals surface area (Å²) in [4.78, 5) is 14.5. The van der Waals surface area contributed by atoms with Crippen molar-refractivity contribution in [1.82, 2.24) is 4.90 Å². The summed E-state index contributed by atoms with van der Waals surface area (Å²) in [5.74, 6) is 0.828. The smallest absolute Gasteiger partial charge is 0.227 e. The van der Waals surface area contributed by atoms with Gasteiger partial charge in [-0.2, -0.15) is 0 Å². The fraction of sp³-hybridized carbons (Fsp3) is 0.500. The molecule has 0 saturated carbocycles. The highest BCUT2D eigenvalue weighted by atomic mass is 79.9. The van der Waals surface area contributed by atoms with Gasteiger partial charge in [-0.05, 0) is 30.0 Å². The number of hydrogen-bond acceptors (Lipinski definition) is 1. The van der Waals surface area contributed by atoms with Gasteiger partial charge in [0.05, 0.1) is 6.42 Å². The molecule has 1 amide bonds. The van der Waals surface area contributed by atoms with Crippen LogP contribution in [0.3, 0.4) is 0 Å². The minimum atomic E-state index is 0.189. The number of alkyl halides is 1. The number of rotatable bonds is 2. The molecule has 2 atom stereocenters. The van der Waals surface area contributed by atoms with Crippen LogP contribution in [-0.4, -0.2) is 28.7 Å². The topological polar surface area (TPSA) is 20.3 Å². The van der Waals surface area contributed by atoms with Gasteiger partial charge in [0.1, 0.15) is 0 Å². The molecule has 0 aliphatic carbocycles. The van der Waals surface area contributed by atoms with Gasteiger partial charge in [-0.15, -0.1) is 0 Å². The van der Waals surface area contributed by atoms with E-state index in [0.29, 0.717) is 22.2 Å². The molecular weight excluding hydrogens is 314 g/mol. The van der Waals surface area contributed by atoms with Gasteiger partial charge in [0, 0.05) is 22.9 Å². The second kappa shape index (κ2) is 6.07. The SMILES string of the molecule is CC1CCN(C(=O)Cc2cccc(Cl)c2)CC1Br. The molecule has 18 heavy (non-hydrogen) atoms. The average molecular weight is 331 g/mol.